The molecule has 0 aliphatic carbocycles. The summed E-state index contributed by atoms with van der Waals surface area (Å²) in [5.41, 5.74) is 4.53. The van der Waals surface area contributed by atoms with Gasteiger partial charge >= 0.3 is 0 Å². The molecule has 0 aliphatic rings. The zero-order valence-electron chi connectivity index (χ0n) is 8.34. The van der Waals surface area contributed by atoms with Gasteiger partial charge in [-0.3, -0.25) is 4.79 Å². The normalized spacial score (nSPS) is 8.67. The Morgan fingerprint density at radius 1 is 1.33 bits per heavy atom. The lowest BCUT2D eigenvalue weighted by Gasteiger charge is -2.13. The Labute approximate surface area is 75.2 Å². The van der Waals surface area contributed by atoms with Crippen LogP contribution in [-0.2, 0) is 4.79 Å². The molecule has 3 nitrogen and oxygen atoms in total. The van der Waals surface area contributed by atoms with E-state index in [1.165, 1.54) is 19.6 Å². The third-order valence-corrected chi connectivity index (χ3v) is 1.54. The van der Waals surface area contributed by atoms with Crippen molar-refractivity contribution in [2.45, 2.75) is 20.8 Å². The molecule has 72 valence electrons. The molecule has 0 atom stereocenters. The van der Waals surface area contributed by atoms with Crippen molar-refractivity contribution in [2.75, 3.05) is 19.6 Å². The van der Waals surface area contributed by atoms with Gasteiger partial charge in [-0.1, -0.05) is 27.4 Å². The first-order valence-electron chi connectivity index (χ1n) is 4.26. The maximum atomic E-state index is 9.47. The van der Waals surface area contributed by atoms with Gasteiger partial charge in [0, 0.05) is 0 Å². The average molecular weight is 172 g/mol. The van der Waals surface area contributed by atoms with Gasteiger partial charge in [-0.15, -0.1) is 0 Å². The van der Waals surface area contributed by atoms with Crippen molar-refractivity contribution in [3.05, 3.63) is 12.7 Å². The fourth-order valence-electron chi connectivity index (χ4n) is 0.671. The van der Waals surface area contributed by atoms with E-state index >= 15 is 0 Å². The molecule has 0 radical (unpaired) electrons. The quantitative estimate of drug-likeness (QED) is 0.643. The highest BCUT2D eigenvalue weighted by molar-refractivity contribution is 5.84. The summed E-state index contributed by atoms with van der Waals surface area (Å²) in [6.45, 7) is 13.2. The first-order chi connectivity index (χ1) is 5.62. The summed E-state index contributed by atoms with van der Waals surface area (Å²) in [5, 5.41) is 0. The molecule has 0 saturated heterocycles. The van der Waals surface area contributed by atoms with Gasteiger partial charge in [-0.2, -0.15) is 0 Å². The van der Waals surface area contributed by atoms with Crippen molar-refractivity contribution in [1.29, 1.82) is 0 Å². The number of primary amides is 1. The number of hydrogen-bond acceptors (Lipinski definition) is 2. The molecule has 0 heterocycles. The molecule has 0 unspecified atom stereocenters. The van der Waals surface area contributed by atoms with E-state index in [-0.39, 0.29) is 0 Å². The number of rotatable bonds is 4. The number of carbonyl (C=O) groups is 1. The van der Waals surface area contributed by atoms with E-state index in [2.05, 4.69) is 38.0 Å². The molecule has 0 fully saturated rings. The molecular formula is C9H20N2O. The molecule has 0 aromatic heterocycles. The van der Waals surface area contributed by atoms with Gasteiger partial charge in [-0.05, 0) is 25.7 Å². The standard InChI is InChI=1S/C6H15N.C3H5NO/c1-4-7(5-2)6-3;1-2-3(4)5/h4-6H2,1-3H3;2H,1H2,(H2,4,5). The SMILES string of the molecule is C=CC(N)=O.CCN(CC)CC. The van der Waals surface area contributed by atoms with Crippen LogP contribution in [0.5, 0.6) is 0 Å². The van der Waals surface area contributed by atoms with E-state index in [4.69, 9.17) is 0 Å². The lowest BCUT2D eigenvalue weighted by Crippen LogP contribution is -2.21. The van der Waals surface area contributed by atoms with Crippen LogP contribution in [0.3, 0.4) is 0 Å². The number of carbonyl (C=O) groups excluding carboxylic acids is 1. The van der Waals surface area contributed by atoms with Crippen molar-refractivity contribution in [2.24, 2.45) is 5.73 Å². The van der Waals surface area contributed by atoms with Crippen LogP contribution >= 0.6 is 0 Å². The third kappa shape index (κ3) is 11.9. The van der Waals surface area contributed by atoms with E-state index < -0.39 is 5.91 Å². The molecule has 0 aromatic rings. The lowest BCUT2D eigenvalue weighted by molar-refractivity contribution is -0.113. The molecule has 3 heteroatoms. The van der Waals surface area contributed by atoms with Crippen LogP contribution < -0.4 is 5.73 Å². The lowest BCUT2D eigenvalue weighted by atomic mass is 10.5. The van der Waals surface area contributed by atoms with Crippen LogP contribution in [0.4, 0.5) is 0 Å². The van der Waals surface area contributed by atoms with E-state index in [1.54, 1.807) is 0 Å². The van der Waals surface area contributed by atoms with Crippen LogP contribution in [0.1, 0.15) is 20.8 Å². The Morgan fingerprint density at radius 3 is 1.58 bits per heavy atom. The Hall–Kier alpha value is -0.830. The second-order valence-electron chi connectivity index (χ2n) is 2.23. The number of nitrogens with zero attached hydrogens (tertiary/aromatic N) is 1. The largest absolute Gasteiger partial charge is 0.366 e. The fraction of sp³-hybridized carbons (Fsp3) is 0.667. The highest BCUT2D eigenvalue weighted by Gasteiger charge is 1.89. The molecule has 0 aliphatic heterocycles. The van der Waals surface area contributed by atoms with Crippen molar-refractivity contribution in [1.82, 2.24) is 4.90 Å². The maximum absolute atomic E-state index is 9.47. The highest BCUT2D eigenvalue weighted by Crippen LogP contribution is 1.81. The van der Waals surface area contributed by atoms with Gasteiger partial charge in [0.15, 0.2) is 0 Å². The fourth-order valence-corrected chi connectivity index (χ4v) is 0.671. The van der Waals surface area contributed by atoms with Crippen LogP contribution in [0, 0.1) is 0 Å². The topological polar surface area (TPSA) is 46.3 Å². The predicted octanol–water partition coefficient (Wildman–Crippen LogP) is 1.01. The molecule has 12 heavy (non-hydrogen) atoms. The van der Waals surface area contributed by atoms with Crippen LogP contribution in [0.15, 0.2) is 12.7 Å². The maximum Gasteiger partial charge on any atom is 0.240 e. The summed E-state index contributed by atoms with van der Waals surface area (Å²) in [6, 6.07) is 0. The summed E-state index contributed by atoms with van der Waals surface area (Å²) >= 11 is 0. The van der Waals surface area contributed by atoms with E-state index in [1.807, 2.05) is 0 Å². The molecule has 0 rings (SSSR count). The summed E-state index contributed by atoms with van der Waals surface area (Å²) in [4.78, 5) is 11.8. The second-order valence-corrected chi connectivity index (χ2v) is 2.23. The van der Waals surface area contributed by atoms with Gasteiger partial charge in [0.25, 0.3) is 0 Å². The molecular weight excluding hydrogens is 152 g/mol. The zero-order valence-corrected chi connectivity index (χ0v) is 8.34. The van der Waals surface area contributed by atoms with Gasteiger partial charge in [-0.25, -0.2) is 0 Å². The Balaban J connectivity index is 0. The Bertz CT molecular complexity index is 114. The summed E-state index contributed by atoms with van der Waals surface area (Å²) < 4.78 is 0. The van der Waals surface area contributed by atoms with Crippen LogP contribution in [0.2, 0.25) is 0 Å². The summed E-state index contributed by atoms with van der Waals surface area (Å²) in [5.74, 6) is -0.481. The average Bonchev–Trinajstić information content (AvgIpc) is 2.09. The van der Waals surface area contributed by atoms with Gasteiger partial charge in [0.2, 0.25) is 5.91 Å². The van der Waals surface area contributed by atoms with Gasteiger partial charge < -0.3 is 10.6 Å². The van der Waals surface area contributed by atoms with Gasteiger partial charge in [0.05, 0.1) is 0 Å². The molecule has 1 amide bonds. The minimum Gasteiger partial charge on any atom is -0.366 e. The number of nitrogens with two attached hydrogens (primary N) is 1. The van der Waals surface area contributed by atoms with Crippen molar-refractivity contribution < 1.29 is 4.79 Å². The van der Waals surface area contributed by atoms with Crippen molar-refractivity contribution in [3.8, 4) is 0 Å². The predicted molar refractivity (Wildman–Crippen MR) is 52.9 cm³/mol. The van der Waals surface area contributed by atoms with E-state index in [0.29, 0.717) is 0 Å². The summed E-state index contributed by atoms with van der Waals surface area (Å²) in [6.07, 6.45) is 1.06. The Morgan fingerprint density at radius 2 is 1.58 bits per heavy atom. The molecule has 0 bridgehead atoms. The third-order valence-electron chi connectivity index (χ3n) is 1.54. The second kappa shape index (κ2) is 10.2. The molecule has 2 N–H and O–H groups in total. The van der Waals surface area contributed by atoms with Crippen LogP contribution in [0.25, 0.3) is 0 Å². The van der Waals surface area contributed by atoms with Gasteiger partial charge in [0.1, 0.15) is 0 Å². The monoisotopic (exact) mass is 172 g/mol. The Kier molecular flexibility index (Phi) is 11.6. The minimum atomic E-state index is -0.481. The van der Waals surface area contributed by atoms with Crippen LogP contribution in [-0.4, -0.2) is 30.4 Å². The molecule has 0 aromatic carbocycles. The van der Waals surface area contributed by atoms with E-state index in [0.717, 1.165) is 6.08 Å². The molecule has 0 saturated carbocycles. The zero-order chi connectivity index (χ0) is 9.98. The van der Waals surface area contributed by atoms with E-state index in [9.17, 15) is 4.79 Å². The minimum absolute atomic E-state index is 0.481. The van der Waals surface area contributed by atoms with Crippen molar-refractivity contribution in [3.63, 3.8) is 0 Å². The number of amides is 1. The smallest absolute Gasteiger partial charge is 0.240 e. The first-order valence-corrected chi connectivity index (χ1v) is 4.26. The molecule has 0 spiro atoms. The highest BCUT2D eigenvalue weighted by atomic mass is 16.1. The first kappa shape index (κ1) is 13.7. The number of hydrogen-bond donors (Lipinski definition) is 1. The summed E-state index contributed by atoms with van der Waals surface area (Å²) in [7, 11) is 0. The van der Waals surface area contributed by atoms with Crippen molar-refractivity contribution >= 4 is 5.91 Å².